The van der Waals surface area contributed by atoms with E-state index in [2.05, 4.69) is 27.3 Å². The first-order valence-electron chi connectivity index (χ1n) is 10.7. The zero-order chi connectivity index (χ0) is 20.2. The number of ether oxygens (including phenoxy) is 2. The number of pyridine rings is 1. The lowest BCUT2D eigenvalue weighted by Gasteiger charge is -2.28. The summed E-state index contributed by atoms with van der Waals surface area (Å²) in [5.74, 6) is 1.61. The van der Waals surface area contributed by atoms with Crippen molar-refractivity contribution in [1.82, 2.24) is 15.2 Å². The van der Waals surface area contributed by atoms with Crippen molar-refractivity contribution >= 4 is 0 Å². The van der Waals surface area contributed by atoms with Crippen molar-refractivity contribution in [3.8, 4) is 11.5 Å². The Balaban J connectivity index is 1.25. The van der Waals surface area contributed by atoms with E-state index < -0.39 is 6.10 Å². The van der Waals surface area contributed by atoms with Crippen molar-refractivity contribution in [1.29, 1.82) is 0 Å². The summed E-state index contributed by atoms with van der Waals surface area (Å²) in [5, 5.41) is 13.6. The van der Waals surface area contributed by atoms with Crippen molar-refractivity contribution in [3.05, 3.63) is 54.4 Å². The molecule has 0 aliphatic carbocycles. The molecule has 1 fully saturated rings. The Bertz CT molecular complexity index is 676. The molecule has 0 bridgehead atoms. The van der Waals surface area contributed by atoms with Gasteiger partial charge >= 0.3 is 0 Å². The Morgan fingerprint density at radius 1 is 1.03 bits per heavy atom. The molecule has 3 rings (SSSR count). The van der Waals surface area contributed by atoms with E-state index in [4.69, 9.17) is 9.47 Å². The summed E-state index contributed by atoms with van der Waals surface area (Å²) in [5.41, 5.74) is 1.21. The smallest absolute Gasteiger partial charge is 0.137 e. The van der Waals surface area contributed by atoms with E-state index in [-0.39, 0.29) is 0 Å². The second-order valence-corrected chi connectivity index (χ2v) is 7.54. The van der Waals surface area contributed by atoms with Crippen LogP contribution in [-0.4, -0.2) is 60.5 Å². The standard InChI is InChI=1S/C23H33N3O3/c27-21(18-26-13-2-1-3-14-26)19-29-22-9-7-20(8-10-22)16-24-12-5-15-28-23-6-4-11-25-17-23/h4,6-11,17,21,24,27H,1-3,5,12-16,18-19H2/t21-/m1/s1. The number of aliphatic hydroxyl groups excluding tert-OH is 1. The molecule has 158 valence electrons. The van der Waals surface area contributed by atoms with Crippen LogP contribution in [0.15, 0.2) is 48.8 Å². The van der Waals surface area contributed by atoms with Crippen LogP contribution in [0.3, 0.4) is 0 Å². The molecule has 1 aliphatic heterocycles. The highest BCUT2D eigenvalue weighted by atomic mass is 16.5. The fraction of sp³-hybridized carbons (Fsp3) is 0.522. The normalized spacial score (nSPS) is 15.8. The monoisotopic (exact) mass is 399 g/mol. The van der Waals surface area contributed by atoms with Gasteiger partial charge in [-0.15, -0.1) is 0 Å². The molecule has 1 aliphatic rings. The maximum Gasteiger partial charge on any atom is 0.137 e. The van der Waals surface area contributed by atoms with Crippen LogP contribution in [0.25, 0.3) is 0 Å². The van der Waals surface area contributed by atoms with Crippen LogP contribution in [-0.2, 0) is 6.54 Å². The van der Waals surface area contributed by atoms with E-state index in [0.29, 0.717) is 19.8 Å². The van der Waals surface area contributed by atoms with E-state index in [1.54, 1.807) is 12.4 Å². The minimum Gasteiger partial charge on any atom is -0.492 e. The van der Waals surface area contributed by atoms with Gasteiger partial charge in [0.15, 0.2) is 0 Å². The Labute approximate surface area is 173 Å². The van der Waals surface area contributed by atoms with Gasteiger partial charge in [0, 0.05) is 19.3 Å². The first kappa shape index (κ1) is 21.6. The molecule has 6 heteroatoms. The topological polar surface area (TPSA) is 66.8 Å². The molecule has 2 N–H and O–H groups in total. The van der Waals surface area contributed by atoms with Gasteiger partial charge in [0.25, 0.3) is 0 Å². The number of likely N-dealkylation sites (tertiary alicyclic amines) is 1. The Morgan fingerprint density at radius 3 is 2.62 bits per heavy atom. The highest BCUT2D eigenvalue weighted by Gasteiger charge is 2.14. The molecule has 0 spiro atoms. The lowest BCUT2D eigenvalue weighted by Crippen LogP contribution is -2.38. The van der Waals surface area contributed by atoms with Crippen LogP contribution in [0.1, 0.15) is 31.2 Å². The number of benzene rings is 1. The molecule has 1 atom stereocenters. The fourth-order valence-electron chi connectivity index (χ4n) is 3.44. The number of rotatable bonds is 12. The molecule has 29 heavy (non-hydrogen) atoms. The van der Waals surface area contributed by atoms with Gasteiger partial charge in [-0.3, -0.25) is 4.98 Å². The van der Waals surface area contributed by atoms with Crippen molar-refractivity contribution < 1.29 is 14.6 Å². The third-order valence-electron chi connectivity index (χ3n) is 5.01. The SMILES string of the molecule is O[C@@H](COc1ccc(CNCCCOc2cccnc2)cc1)CN1CCCCC1. The van der Waals surface area contributed by atoms with Crippen molar-refractivity contribution in [2.75, 3.05) is 39.4 Å². The van der Waals surface area contributed by atoms with Crippen LogP contribution >= 0.6 is 0 Å². The van der Waals surface area contributed by atoms with Crippen molar-refractivity contribution in [2.45, 2.75) is 38.3 Å². The average molecular weight is 400 g/mol. The Morgan fingerprint density at radius 2 is 1.86 bits per heavy atom. The number of aliphatic hydroxyl groups is 1. The van der Waals surface area contributed by atoms with Crippen LogP contribution in [0.5, 0.6) is 11.5 Å². The van der Waals surface area contributed by atoms with Gasteiger partial charge in [-0.25, -0.2) is 0 Å². The molecule has 0 radical (unpaired) electrons. The Hall–Kier alpha value is -2.15. The van der Waals surface area contributed by atoms with E-state index in [9.17, 15) is 5.11 Å². The predicted molar refractivity (Wildman–Crippen MR) is 114 cm³/mol. The summed E-state index contributed by atoms with van der Waals surface area (Å²) in [6.07, 6.45) is 7.74. The number of hydrogen-bond acceptors (Lipinski definition) is 6. The zero-order valence-corrected chi connectivity index (χ0v) is 17.1. The van der Waals surface area contributed by atoms with Crippen LogP contribution in [0.2, 0.25) is 0 Å². The number of nitrogens with one attached hydrogen (secondary N) is 1. The average Bonchev–Trinajstić information content (AvgIpc) is 2.77. The minimum atomic E-state index is -0.441. The van der Waals surface area contributed by atoms with Gasteiger partial charge in [0.05, 0.1) is 12.8 Å². The molecular formula is C23H33N3O3. The summed E-state index contributed by atoms with van der Waals surface area (Å²) in [6.45, 7) is 5.59. The van der Waals surface area contributed by atoms with Gasteiger partial charge in [-0.1, -0.05) is 18.6 Å². The highest BCUT2D eigenvalue weighted by Crippen LogP contribution is 2.14. The summed E-state index contributed by atoms with van der Waals surface area (Å²) in [6, 6.07) is 11.8. The third kappa shape index (κ3) is 8.40. The summed E-state index contributed by atoms with van der Waals surface area (Å²) in [4.78, 5) is 6.36. The first-order valence-corrected chi connectivity index (χ1v) is 10.7. The minimum absolute atomic E-state index is 0.338. The second-order valence-electron chi connectivity index (χ2n) is 7.54. The van der Waals surface area contributed by atoms with Gasteiger partial charge in [-0.2, -0.15) is 0 Å². The quantitative estimate of drug-likeness (QED) is 0.535. The van der Waals surface area contributed by atoms with Crippen molar-refractivity contribution in [2.24, 2.45) is 0 Å². The maximum atomic E-state index is 10.2. The van der Waals surface area contributed by atoms with Crippen molar-refractivity contribution in [3.63, 3.8) is 0 Å². The Kier molecular flexibility index (Phi) is 9.23. The highest BCUT2D eigenvalue weighted by molar-refractivity contribution is 5.27. The third-order valence-corrected chi connectivity index (χ3v) is 5.01. The molecule has 1 aromatic carbocycles. The van der Waals surface area contributed by atoms with Gasteiger partial charge in [0.2, 0.25) is 0 Å². The van der Waals surface area contributed by atoms with E-state index in [0.717, 1.165) is 44.1 Å². The van der Waals surface area contributed by atoms with Gasteiger partial charge in [0.1, 0.15) is 24.2 Å². The van der Waals surface area contributed by atoms with Gasteiger partial charge in [-0.05, 0) is 68.7 Å². The number of nitrogens with zero attached hydrogens (tertiary/aromatic N) is 2. The number of β-amino-alcohol motifs (C(OH)–C–C–N with tert-alkyl or cyclic N) is 1. The van der Waals surface area contributed by atoms with E-state index in [1.165, 1.54) is 24.8 Å². The largest absolute Gasteiger partial charge is 0.492 e. The molecule has 1 aromatic heterocycles. The lowest BCUT2D eigenvalue weighted by molar-refractivity contribution is 0.0617. The molecule has 0 amide bonds. The summed E-state index contributed by atoms with van der Waals surface area (Å²) >= 11 is 0. The second kappa shape index (κ2) is 12.4. The number of aromatic nitrogens is 1. The molecule has 2 aromatic rings. The molecule has 0 unspecified atom stereocenters. The fourth-order valence-corrected chi connectivity index (χ4v) is 3.44. The maximum absolute atomic E-state index is 10.2. The lowest BCUT2D eigenvalue weighted by atomic mass is 10.1. The molecule has 2 heterocycles. The zero-order valence-electron chi connectivity index (χ0n) is 17.1. The summed E-state index contributed by atoms with van der Waals surface area (Å²) in [7, 11) is 0. The van der Waals surface area contributed by atoms with Crippen LogP contribution < -0.4 is 14.8 Å². The molecule has 1 saturated heterocycles. The van der Waals surface area contributed by atoms with E-state index >= 15 is 0 Å². The number of hydrogen-bond donors (Lipinski definition) is 2. The molecule has 6 nitrogen and oxygen atoms in total. The van der Waals surface area contributed by atoms with Crippen LogP contribution in [0, 0.1) is 0 Å². The van der Waals surface area contributed by atoms with Gasteiger partial charge < -0.3 is 24.8 Å². The predicted octanol–water partition coefficient (Wildman–Crippen LogP) is 2.87. The number of piperidine rings is 1. The molecular weight excluding hydrogens is 366 g/mol. The van der Waals surface area contributed by atoms with E-state index in [1.807, 2.05) is 24.3 Å². The summed E-state index contributed by atoms with van der Waals surface area (Å²) < 4.78 is 11.4. The molecule has 0 saturated carbocycles. The van der Waals surface area contributed by atoms with Crippen LogP contribution in [0.4, 0.5) is 0 Å². The first-order chi connectivity index (χ1) is 14.3.